The summed E-state index contributed by atoms with van der Waals surface area (Å²) in [7, 11) is 0. The number of fused-ring (bicyclic) bond motifs is 1. The van der Waals surface area contributed by atoms with E-state index >= 15 is 0 Å². The highest BCUT2D eigenvalue weighted by Crippen LogP contribution is 2.21. The van der Waals surface area contributed by atoms with Crippen molar-refractivity contribution in [2.45, 2.75) is 39.3 Å². The molecule has 0 fully saturated rings. The molecule has 3 rings (SSSR count). The van der Waals surface area contributed by atoms with Gasteiger partial charge >= 0.3 is 6.09 Å². The van der Waals surface area contributed by atoms with Gasteiger partial charge in [-0.2, -0.15) is 0 Å². The van der Waals surface area contributed by atoms with Crippen LogP contribution in [0.25, 0.3) is 0 Å². The fraction of sp³-hybridized carbons (Fsp3) is 0.333. The number of carbonyl (C=O) groups is 2. The summed E-state index contributed by atoms with van der Waals surface area (Å²) >= 11 is 0. The van der Waals surface area contributed by atoms with Crippen LogP contribution in [0.15, 0.2) is 48.5 Å². The maximum atomic E-state index is 12.7. The summed E-state index contributed by atoms with van der Waals surface area (Å²) in [6.45, 7) is 6.78. The number of benzene rings is 2. The molecule has 26 heavy (non-hydrogen) atoms. The molecule has 0 spiro atoms. The van der Waals surface area contributed by atoms with Crippen LogP contribution in [-0.2, 0) is 17.7 Å². The lowest BCUT2D eigenvalue weighted by atomic mass is 9.99. The molecule has 5 heteroatoms. The van der Waals surface area contributed by atoms with Crippen LogP contribution in [-0.4, -0.2) is 29.0 Å². The van der Waals surface area contributed by atoms with E-state index in [1.165, 1.54) is 11.1 Å². The number of carbonyl (C=O) groups excluding carboxylic acids is 2. The summed E-state index contributed by atoms with van der Waals surface area (Å²) in [6.07, 6.45) is 0.365. The van der Waals surface area contributed by atoms with Crippen LogP contribution >= 0.6 is 0 Å². The highest BCUT2D eigenvalue weighted by molar-refractivity contribution is 5.95. The Morgan fingerprint density at radius 2 is 1.65 bits per heavy atom. The van der Waals surface area contributed by atoms with Crippen LogP contribution < -0.4 is 5.32 Å². The summed E-state index contributed by atoms with van der Waals surface area (Å²) in [6, 6.07) is 15.1. The van der Waals surface area contributed by atoms with Gasteiger partial charge in [0.2, 0.25) is 0 Å². The van der Waals surface area contributed by atoms with E-state index in [0.717, 1.165) is 6.42 Å². The summed E-state index contributed by atoms with van der Waals surface area (Å²) < 4.78 is 5.22. The van der Waals surface area contributed by atoms with E-state index in [2.05, 4.69) is 17.4 Å². The van der Waals surface area contributed by atoms with E-state index in [1.54, 1.807) is 24.3 Å². The second-order valence-electron chi connectivity index (χ2n) is 7.45. The fourth-order valence-corrected chi connectivity index (χ4v) is 2.97. The molecule has 0 saturated carbocycles. The lowest BCUT2D eigenvalue weighted by Crippen LogP contribution is -2.35. The first-order chi connectivity index (χ1) is 12.3. The third kappa shape index (κ3) is 4.42. The summed E-state index contributed by atoms with van der Waals surface area (Å²) in [5.74, 6) is 0.00308. The number of rotatable bonds is 2. The van der Waals surface area contributed by atoms with Gasteiger partial charge in [0.25, 0.3) is 5.91 Å². The summed E-state index contributed by atoms with van der Waals surface area (Å²) in [5, 5.41) is 2.67. The number of hydrogen-bond donors (Lipinski definition) is 1. The molecule has 1 aliphatic heterocycles. The van der Waals surface area contributed by atoms with Gasteiger partial charge < -0.3 is 9.64 Å². The molecule has 1 N–H and O–H groups in total. The first kappa shape index (κ1) is 18.0. The van der Waals surface area contributed by atoms with E-state index < -0.39 is 11.7 Å². The molecular weight excluding hydrogens is 328 g/mol. The van der Waals surface area contributed by atoms with Crippen molar-refractivity contribution in [3.8, 4) is 0 Å². The van der Waals surface area contributed by atoms with Crippen molar-refractivity contribution in [1.29, 1.82) is 0 Å². The number of ether oxygens (including phenoxy) is 1. The summed E-state index contributed by atoms with van der Waals surface area (Å²) in [4.78, 5) is 26.4. The van der Waals surface area contributed by atoms with E-state index in [4.69, 9.17) is 4.74 Å². The molecule has 2 aromatic carbocycles. The molecule has 0 atom stereocenters. The molecular formula is C21H24N2O3. The Morgan fingerprint density at radius 3 is 2.31 bits per heavy atom. The van der Waals surface area contributed by atoms with Crippen molar-refractivity contribution in [3.63, 3.8) is 0 Å². The molecule has 0 saturated heterocycles. The molecule has 0 bridgehead atoms. The number of nitrogens with one attached hydrogen (secondary N) is 1. The van der Waals surface area contributed by atoms with Crippen LogP contribution in [0.4, 0.5) is 10.5 Å². The van der Waals surface area contributed by atoms with Gasteiger partial charge in [-0.1, -0.05) is 24.3 Å². The molecule has 0 radical (unpaired) electrons. The molecule has 1 aliphatic rings. The molecule has 2 amide bonds. The van der Waals surface area contributed by atoms with Crippen LogP contribution in [0.1, 0.15) is 42.3 Å². The summed E-state index contributed by atoms with van der Waals surface area (Å²) in [5.41, 5.74) is 3.17. The topological polar surface area (TPSA) is 58.6 Å². The zero-order chi connectivity index (χ0) is 18.7. The van der Waals surface area contributed by atoms with E-state index in [9.17, 15) is 9.59 Å². The van der Waals surface area contributed by atoms with Crippen molar-refractivity contribution in [2.24, 2.45) is 0 Å². The van der Waals surface area contributed by atoms with Gasteiger partial charge in [0.05, 0.1) is 0 Å². The molecule has 0 unspecified atom stereocenters. The standard InChI is InChI=1S/C21H24N2O3/c1-21(2,3)26-20(25)22-18-10-8-16(9-11-18)19(24)23-13-12-15-6-4-5-7-17(15)14-23/h4-11H,12-14H2,1-3H3,(H,22,25). The van der Waals surface area contributed by atoms with Crippen molar-refractivity contribution >= 4 is 17.7 Å². The second-order valence-corrected chi connectivity index (χ2v) is 7.45. The highest BCUT2D eigenvalue weighted by atomic mass is 16.6. The van der Waals surface area contributed by atoms with Crippen molar-refractivity contribution in [2.75, 3.05) is 11.9 Å². The minimum Gasteiger partial charge on any atom is -0.444 e. The molecule has 5 nitrogen and oxygen atoms in total. The third-order valence-electron chi connectivity index (χ3n) is 4.19. The molecule has 0 aromatic heterocycles. The Morgan fingerprint density at radius 1 is 1.00 bits per heavy atom. The largest absolute Gasteiger partial charge is 0.444 e. The SMILES string of the molecule is CC(C)(C)OC(=O)Nc1ccc(C(=O)N2CCc3ccccc3C2)cc1. The smallest absolute Gasteiger partial charge is 0.412 e. The average molecular weight is 352 g/mol. The molecule has 1 heterocycles. The lowest BCUT2D eigenvalue weighted by molar-refractivity contribution is 0.0635. The minimum atomic E-state index is -0.551. The van der Waals surface area contributed by atoms with Gasteiger partial charge in [-0.15, -0.1) is 0 Å². The first-order valence-corrected chi connectivity index (χ1v) is 8.78. The van der Waals surface area contributed by atoms with Crippen molar-refractivity contribution in [3.05, 3.63) is 65.2 Å². The zero-order valence-electron chi connectivity index (χ0n) is 15.4. The maximum absolute atomic E-state index is 12.7. The molecule has 0 aliphatic carbocycles. The predicted molar refractivity (Wildman–Crippen MR) is 101 cm³/mol. The molecule has 2 aromatic rings. The van der Waals surface area contributed by atoms with Crippen LogP contribution in [0, 0.1) is 0 Å². The zero-order valence-corrected chi connectivity index (χ0v) is 15.4. The number of hydrogen-bond acceptors (Lipinski definition) is 3. The second kappa shape index (κ2) is 7.20. The Hall–Kier alpha value is -2.82. The van der Waals surface area contributed by atoms with Gasteiger partial charge in [0, 0.05) is 24.3 Å². The Kier molecular flexibility index (Phi) is 4.98. The van der Waals surface area contributed by atoms with Crippen molar-refractivity contribution in [1.82, 2.24) is 4.90 Å². The van der Waals surface area contributed by atoms with E-state index in [-0.39, 0.29) is 5.91 Å². The van der Waals surface area contributed by atoms with Crippen molar-refractivity contribution < 1.29 is 14.3 Å². The Labute approximate surface area is 154 Å². The van der Waals surface area contributed by atoms with Gasteiger partial charge in [-0.3, -0.25) is 10.1 Å². The van der Waals surface area contributed by atoms with Gasteiger partial charge in [-0.25, -0.2) is 4.79 Å². The quantitative estimate of drug-likeness (QED) is 0.880. The maximum Gasteiger partial charge on any atom is 0.412 e. The highest BCUT2D eigenvalue weighted by Gasteiger charge is 2.21. The van der Waals surface area contributed by atoms with Gasteiger partial charge in [0.1, 0.15) is 5.60 Å². The Balaban J connectivity index is 1.64. The predicted octanol–water partition coefficient (Wildman–Crippen LogP) is 4.23. The van der Waals surface area contributed by atoms with E-state index in [1.807, 2.05) is 37.8 Å². The van der Waals surface area contributed by atoms with Gasteiger partial charge in [0.15, 0.2) is 0 Å². The van der Waals surface area contributed by atoms with Gasteiger partial charge in [-0.05, 0) is 62.6 Å². The Bertz CT molecular complexity index is 807. The van der Waals surface area contributed by atoms with Crippen LogP contribution in [0.2, 0.25) is 0 Å². The van der Waals surface area contributed by atoms with Crippen LogP contribution in [0.5, 0.6) is 0 Å². The fourth-order valence-electron chi connectivity index (χ4n) is 2.97. The lowest BCUT2D eigenvalue weighted by Gasteiger charge is -2.29. The average Bonchev–Trinajstić information content (AvgIpc) is 2.59. The molecule has 136 valence electrons. The number of amides is 2. The number of anilines is 1. The normalized spacial score (nSPS) is 13.7. The first-order valence-electron chi connectivity index (χ1n) is 8.78. The third-order valence-corrected chi connectivity index (χ3v) is 4.19. The minimum absolute atomic E-state index is 0.00308. The van der Waals surface area contributed by atoms with E-state index in [0.29, 0.717) is 24.3 Å². The number of nitrogens with zero attached hydrogens (tertiary/aromatic N) is 1. The van der Waals surface area contributed by atoms with Crippen LogP contribution in [0.3, 0.4) is 0 Å². The monoisotopic (exact) mass is 352 g/mol.